The molecule has 1 aromatic carbocycles. The number of benzene rings is 1. The number of carbonyl (C=O) groups excluding carboxylic acids is 1. The number of aromatic nitrogens is 2. The van der Waals surface area contributed by atoms with E-state index < -0.39 is 17.5 Å². The molecule has 3 nitrogen and oxygen atoms in total. The summed E-state index contributed by atoms with van der Waals surface area (Å²) in [6, 6.07) is 6.22. The van der Waals surface area contributed by atoms with Crippen molar-refractivity contribution >= 4 is 5.78 Å². The van der Waals surface area contributed by atoms with E-state index in [2.05, 4.69) is 5.10 Å². The Bertz CT molecular complexity index is 617. The van der Waals surface area contributed by atoms with Crippen LogP contribution >= 0.6 is 0 Å². The molecule has 0 saturated heterocycles. The Morgan fingerprint density at radius 3 is 2.60 bits per heavy atom. The van der Waals surface area contributed by atoms with Gasteiger partial charge in [-0.15, -0.1) is 0 Å². The van der Waals surface area contributed by atoms with Crippen LogP contribution in [0.4, 0.5) is 13.2 Å². The molecule has 0 saturated carbocycles. The minimum Gasteiger partial charge on any atom is -0.287 e. The van der Waals surface area contributed by atoms with Gasteiger partial charge in [0.25, 0.3) is 0 Å². The van der Waals surface area contributed by atoms with Crippen molar-refractivity contribution in [2.45, 2.75) is 26.1 Å². The highest BCUT2D eigenvalue weighted by Crippen LogP contribution is 2.32. The van der Waals surface area contributed by atoms with Crippen molar-refractivity contribution in [1.29, 1.82) is 0 Å². The zero-order valence-electron chi connectivity index (χ0n) is 10.8. The van der Waals surface area contributed by atoms with Crippen LogP contribution in [0.3, 0.4) is 0 Å². The molecule has 2 aromatic rings. The van der Waals surface area contributed by atoms with Crippen molar-refractivity contribution in [2.24, 2.45) is 0 Å². The van der Waals surface area contributed by atoms with Gasteiger partial charge in [0.2, 0.25) is 5.78 Å². The summed E-state index contributed by atoms with van der Waals surface area (Å²) in [5.74, 6) is -0.663. The molecule has 2 rings (SSSR count). The van der Waals surface area contributed by atoms with E-state index in [1.807, 2.05) is 6.92 Å². The Balaban J connectivity index is 2.46. The third-order valence-corrected chi connectivity index (χ3v) is 2.86. The molecule has 0 aliphatic heterocycles. The van der Waals surface area contributed by atoms with Gasteiger partial charge < -0.3 is 0 Å². The van der Waals surface area contributed by atoms with Crippen molar-refractivity contribution in [1.82, 2.24) is 9.78 Å². The Morgan fingerprint density at radius 2 is 1.95 bits per heavy atom. The highest BCUT2D eigenvalue weighted by molar-refractivity contribution is 6.08. The summed E-state index contributed by atoms with van der Waals surface area (Å²) in [5, 5.41) is 3.96. The summed E-state index contributed by atoms with van der Waals surface area (Å²) >= 11 is 0. The molecule has 0 spiro atoms. The summed E-state index contributed by atoms with van der Waals surface area (Å²) in [6.45, 7) is 2.39. The maximum absolute atomic E-state index is 12.9. The lowest BCUT2D eigenvalue weighted by Crippen LogP contribution is -2.17. The third-order valence-electron chi connectivity index (χ3n) is 2.86. The number of rotatable bonds is 4. The fourth-order valence-electron chi connectivity index (χ4n) is 1.98. The molecule has 0 aliphatic rings. The molecule has 0 fully saturated rings. The van der Waals surface area contributed by atoms with E-state index in [-0.39, 0.29) is 11.3 Å². The van der Waals surface area contributed by atoms with Gasteiger partial charge in [-0.1, -0.05) is 25.1 Å². The Kier molecular flexibility index (Phi) is 3.92. The average Bonchev–Trinajstić information content (AvgIpc) is 2.85. The standard InChI is InChI=1S/C14H13F3N2O/c1-2-9-19-12(7-8-18-19)13(20)10-5-3-4-6-11(10)14(15,16)17/h3-8H,2,9H2,1H3. The van der Waals surface area contributed by atoms with E-state index in [4.69, 9.17) is 0 Å². The second-order valence-electron chi connectivity index (χ2n) is 4.31. The first-order valence-electron chi connectivity index (χ1n) is 6.18. The molecule has 0 unspecified atom stereocenters. The maximum Gasteiger partial charge on any atom is 0.417 e. The molecule has 0 atom stereocenters. The van der Waals surface area contributed by atoms with Crippen LogP contribution in [0.1, 0.15) is 35.0 Å². The maximum atomic E-state index is 12.9. The summed E-state index contributed by atoms with van der Waals surface area (Å²) in [4.78, 5) is 12.3. The molecule has 20 heavy (non-hydrogen) atoms. The van der Waals surface area contributed by atoms with Gasteiger partial charge in [0.1, 0.15) is 5.69 Å². The topological polar surface area (TPSA) is 34.9 Å². The van der Waals surface area contributed by atoms with E-state index in [0.29, 0.717) is 6.54 Å². The van der Waals surface area contributed by atoms with Crippen molar-refractivity contribution < 1.29 is 18.0 Å². The Morgan fingerprint density at radius 1 is 1.25 bits per heavy atom. The molecule has 6 heteroatoms. The second-order valence-corrected chi connectivity index (χ2v) is 4.31. The molecule has 1 aromatic heterocycles. The Hall–Kier alpha value is -2.11. The van der Waals surface area contributed by atoms with Gasteiger partial charge in [0.05, 0.1) is 5.56 Å². The number of aryl methyl sites for hydroxylation is 1. The van der Waals surface area contributed by atoms with E-state index in [1.165, 1.54) is 35.1 Å². The van der Waals surface area contributed by atoms with Crippen molar-refractivity contribution in [3.63, 3.8) is 0 Å². The lowest BCUT2D eigenvalue weighted by Gasteiger charge is -2.12. The zero-order valence-corrected chi connectivity index (χ0v) is 10.8. The highest BCUT2D eigenvalue weighted by atomic mass is 19.4. The second kappa shape index (κ2) is 5.48. The third kappa shape index (κ3) is 2.74. The molecular weight excluding hydrogens is 269 g/mol. The fraction of sp³-hybridized carbons (Fsp3) is 0.286. The van der Waals surface area contributed by atoms with Gasteiger partial charge in [-0.2, -0.15) is 18.3 Å². The molecule has 0 aliphatic carbocycles. The molecule has 0 radical (unpaired) electrons. The molecular formula is C14H13F3N2O. The predicted octanol–water partition coefficient (Wildman–Crippen LogP) is 3.54. The van der Waals surface area contributed by atoms with Crippen LogP contribution in [-0.2, 0) is 12.7 Å². The zero-order chi connectivity index (χ0) is 14.8. The lowest BCUT2D eigenvalue weighted by atomic mass is 10.0. The monoisotopic (exact) mass is 282 g/mol. The molecule has 0 bridgehead atoms. The summed E-state index contributed by atoms with van der Waals surface area (Å²) < 4.78 is 40.2. The smallest absolute Gasteiger partial charge is 0.287 e. The summed E-state index contributed by atoms with van der Waals surface area (Å²) in [7, 11) is 0. The van der Waals surface area contributed by atoms with Crippen LogP contribution in [0.5, 0.6) is 0 Å². The lowest BCUT2D eigenvalue weighted by molar-refractivity contribution is -0.137. The normalized spacial score (nSPS) is 11.6. The number of carbonyl (C=O) groups is 1. The molecule has 106 valence electrons. The van der Waals surface area contributed by atoms with Crippen LogP contribution in [0.25, 0.3) is 0 Å². The molecule has 1 heterocycles. The number of hydrogen-bond acceptors (Lipinski definition) is 2. The first-order chi connectivity index (χ1) is 9.45. The van der Waals surface area contributed by atoms with E-state index in [9.17, 15) is 18.0 Å². The largest absolute Gasteiger partial charge is 0.417 e. The van der Waals surface area contributed by atoms with Crippen LogP contribution in [-0.4, -0.2) is 15.6 Å². The van der Waals surface area contributed by atoms with Crippen LogP contribution in [0.15, 0.2) is 36.5 Å². The first-order valence-corrected chi connectivity index (χ1v) is 6.18. The number of nitrogens with zero attached hydrogens (tertiary/aromatic N) is 2. The van der Waals surface area contributed by atoms with Crippen LogP contribution in [0, 0.1) is 0 Å². The molecule has 0 amide bonds. The SMILES string of the molecule is CCCn1nccc1C(=O)c1ccccc1C(F)(F)F. The quantitative estimate of drug-likeness (QED) is 0.804. The first kappa shape index (κ1) is 14.3. The number of hydrogen-bond donors (Lipinski definition) is 0. The average molecular weight is 282 g/mol. The van der Waals surface area contributed by atoms with Gasteiger partial charge in [-0.25, -0.2) is 0 Å². The van der Waals surface area contributed by atoms with E-state index in [0.717, 1.165) is 12.5 Å². The summed E-state index contributed by atoms with van der Waals surface area (Å²) in [6.07, 6.45) is -2.40. The fourth-order valence-corrected chi connectivity index (χ4v) is 1.98. The van der Waals surface area contributed by atoms with E-state index in [1.54, 1.807) is 0 Å². The van der Waals surface area contributed by atoms with Gasteiger partial charge in [0, 0.05) is 18.3 Å². The van der Waals surface area contributed by atoms with E-state index >= 15 is 0 Å². The number of ketones is 1. The number of alkyl halides is 3. The van der Waals surface area contributed by atoms with Gasteiger partial charge in [-0.05, 0) is 18.6 Å². The Labute approximate surface area is 114 Å². The minimum absolute atomic E-state index is 0.170. The van der Waals surface area contributed by atoms with Gasteiger partial charge in [-0.3, -0.25) is 9.48 Å². The number of halogens is 3. The van der Waals surface area contributed by atoms with Gasteiger partial charge in [0.15, 0.2) is 0 Å². The highest BCUT2D eigenvalue weighted by Gasteiger charge is 2.35. The van der Waals surface area contributed by atoms with Crippen molar-refractivity contribution in [3.8, 4) is 0 Å². The van der Waals surface area contributed by atoms with Crippen LogP contribution in [0.2, 0.25) is 0 Å². The molecule has 0 N–H and O–H groups in total. The van der Waals surface area contributed by atoms with Crippen molar-refractivity contribution in [3.05, 3.63) is 53.3 Å². The predicted molar refractivity (Wildman–Crippen MR) is 67.4 cm³/mol. The minimum atomic E-state index is -4.55. The van der Waals surface area contributed by atoms with Gasteiger partial charge >= 0.3 is 6.18 Å². The van der Waals surface area contributed by atoms with Crippen LogP contribution < -0.4 is 0 Å². The van der Waals surface area contributed by atoms with Crippen molar-refractivity contribution in [2.75, 3.05) is 0 Å². The summed E-state index contributed by atoms with van der Waals surface area (Å²) in [5.41, 5.74) is -1.10.